The van der Waals surface area contributed by atoms with E-state index < -0.39 is 5.97 Å². The van der Waals surface area contributed by atoms with Crippen LogP contribution in [0.2, 0.25) is 0 Å². The van der Waals surface area contributed by atoms with Crippen LogP contribution in [0, 0.1) is 6.92 Å². The Balaban J connectivity index is 2.37. The molecule has 0 amide bonds. The molecule has 3 nitrogen and oxygen atoms in total. The number of aromatic carboxylic acids is 1. The maximum atomic E-state index is 11.1. The van der Waals surface area contributed by atoms with Gasteiger partial charge in [0.15, 0.2) is 18.4 Å². The van der Waals surface area contributed by atoms with Gasteiger partial charge in [-0.25, -0.2) is 4.79 Å². The molecule has 0 spiro atoms. The lowest BCUT2D eigenvalue weighted by Gasteiger charge is -2.04. The highest BCUT2D eigenvalue weighted by Crippen LogP contribution is 2.08. The molecule has 0 saturated carbocycles. The van der Waals surface area contributed by atoms with Crippen molar-refractivity contribution in [2.24, 2.45) is 0 Å². The lowest BCUT2D eigenvalue weighted by atomic mass is 10.1. The molecule has 2 rings (SSSR count). The average Bonchev–Trinajstić information content (AvgIpc) is 2.32. The van der Waals surface area contributed by atoms with Gasteiger partial charge in [0, 0.05) is 24.6 Å². The lowest BCUT2D eigenvalue weighted by Crippen LogP contribution is -2.37. The summed E-state index contributed by atoms with van der Waals surface area (Å²) in [6.45, 7) is 2.58. The molecule has 0 unspecified atom stereocenters. The minimum absolute atomic E-state index is 0.364. The second-order valence-corrected chi connectivity index (χ2v) is 3.93. The molecule has 0 fully saturated rings. The first kappa shape index (κ1) is 11.3. The van der Waals surface area contributed by atoms with Crippen LogP contribution in [0.5, 0.6) is 0 Å². The summed E-state index contributed by atoms with van der Waals surface area (Å²) in [7, 11) is 0. The third-order valence-corrected chi connectivity index (χ3v) is 2.76. The molecule has 1 aromatic carbocycles. The molecule has 0 bridgehead atoms. The van der Waals surface area contributed by atoms with Gasteiger partial charge in [-0.05, 0) is 6.07 Å². The van der Waals surface area contributed by atoms with Gasteiger partial charge in [0.05, 0.1) is 5.56 Å². The number of carboxylic acids is 1. The number of hydrogen-bond donors (Lipinski definition) is 1. The maximum Gasteiger partial charge on any atom is 0.336 e. The fraction of sp³-hybridized carbons (Fsp3) is 0.143. The van der Waals surface area contributed by atoms with Gasteiger partial charge in [-0.15, -0.1) is 0 Å². The Morgan fingerprint density at radius 1 is 1.18 bits per heavy atom. The molecule has 0 radical (unpaired) electrons. The third-order valence-electron chi connectivity index (χ3n) is 2.76. The van der Waals surface area contributed by atoms with Crippen molar-refractivity contribution in [1.82, 2.24) is 0 Å². The zero-order chi connectivity index (χ0) is 12.3. The summed E-state index contributed by atoms with van der Waals surface area (Å²) in [5.41, 5.74) is 2.29. The number of benzene rings is 1. The number of carbonyl (C=O) groups is 1. The summed E-state index contributed by atoms with van der Waals surface area (Å²) in [5, 5.41) is 9.10. The number of rotatable bonds is 3. The Kier molecular flexibility index (Phi) is 3.19. The first-order valence-electron chi connectivity index (χ1n) is 5.45. The Hall–Kier alpha value is -2.16. The highest BCUT2D eigenvalue weighted by Gasteiger charge is 2.13. The molecule has 0 aliphatic heterocycles. The van der Waals surface area contributed by atoms with E-state index in [4.69, 9.17) is 5.11 Å². The van der Waals surface area contributed by atoms with Crippen molar-refractivity contribution in [3.63, 3.8) is 0 Å². The molecular weight excluding hydrogens is 214 g/mol. The molecule has 1 aromatic heterocycles. The van der Waals surface area contributed by atoms with Crippen molar-refractivity contribution in [2.45, 2.75) is 13.5 Å². The topological polar surface area (TPSA) is 41.2 Å². The van der Waals surface area contributed by atoms with Crippen molar-refractivity contribution < 1.29 is 14.5 Å². The van der Waals surface area contributed by atoms with Crippen molar-refractivity contribution in [3.8, 4) is 0 Å². The van der Waals surface area contributed by atoms with Crippen LogP contribution in [0.1, 0.15) is 21.6 Å². The van der Waals surface area contributed by atoms with E-state index in [1.54, 1.807) is 12.1 Å². The van der Waals surface area contributed by atoms with E-state index in [-0.39, 0.29) is 0 Å². The average molecular weight is 228 g/mol. The van der Waals surface area contributed by atoms with Crippen molar-refractivity contribution >= 4 is 5.97 Å². The van der Waals surface area contributed by atoms with Crippen LogP contribution in [0.4, 0.5) is 0 Å². The van der Waals surface area contributed by atoms with Gasteiger partial charge in [-0.3, -0.25) is 0 Å². The van der Waals surface area contributed by atoms with Crippen LogP contribution in [0.3, 0.4) is 0 Å². The zero-order valence-electron chi connectivity index (χ0n) is 9.63. The van der Waals surface area contributed by atoms with Gasteiger partial charge >= 0.3 is 5.97 Å². The van der Waals surface area contributed by atoms with E-state index in [1.807, 2.05) is 48.0 Å². The quantitative estimate of drug-likeness (QED) is 0.817. The molecule has 2 aromatic rings. The van der Waals surface area contributed by atoms with Gasteiger partial charge in [-0.1, -0.05) is 24.3 Å². The van der Waals surface area contributed by atoms with Crippen LogP contribution >= 0.6 is 0 Å². The Labute approximate surface area is 100.0 Å². The van der Waals surface area contributed by atoms with E-state index >= 15 is 0 Å². The molecule has 1 heterocycles. The summed E-state index contributed by atoms with van der Waals surface area (Å²) in [6.07, 6.45) is 1.95. The third kappa shape index (κ3) is 2.50. The molecular formula is C14H14NO2+. The van der Waals surface area contributed by atoms with E-state index in [1.165, 1.54) is 0 Å². The number of aromatic nitrogens is 1. The normalized spacial score (nSPS) is 10.2. The van der Waals surface area contributed by atoms with Gasteiger partial charge in [-0.2, -0.15) is 4.57 Å². The van der Waals surface area contributed by atoms with Gasteiger partial charge < -0.3 is 5.11 Å². The maximum absolute atomic E-state index is 11.1. The molecule has 0 aliphatic rings. The summed E-state index contributed by atoms with van der Waals surface area (Å²) >= 11 is 0. The Morgan fingerprint density at radius 3 is 2.59 bits per heavy atom. The predicted octanol–water partition coefficient (Wildman–Crippen LogP) is 2.03. The fourth-order valence-electron chi connectivity index (χ4n) is 1.79. The SMILES string of the molecule is Cc1cccc[n+]1Cc1ccccc1C(=O)O. The largest absolute Gasteiger partial charge is 0.478 e. The number of aryl methyl sites for hydroxylation is 1. The summed E-state index contributed by atoms with van der Waals surface area (Å²) < 4.78 is 2.03. The molecule has 17 heavy (non-hydrogen) atoms. The molecule has 86 valence electrons. The number of pyridine rings is 1. The molecule has 0 atom stereocenters. The second kappa shape index (κ2) is 4.78. The van der Waals surface area contributed by atoms with E-state index in [0.29, 0.717) is 12.1 Å². The van der Waals surface area contributed by atoms with Gasteiger partial charge in [0.25, 0.3) is 0 Å². The summed E-state index contributed by atoms with van der Waals surface area (Å²) in [5.74, 6) is -0.880. The first-order valence-corrected chi connectivity index (χ1v) is 5.45. The van der Waals surface area contributed by atoms with Crippen LogP contribution in [-0.4, -0.2) is 11.1 Å². The number of hydrogen-bond acceptors (Lipinski definition) is 1. The van der Waals surface area contributed by atoms with E-state index in [2.05, 4.69) is 0 Å². The number of nitrogens with zero attached hydrogens (tertiary/aromatic N) is 1. The highest BCUT2D eigenvalue weighted by molar-refractivity contribution is 5.89. The molecule has 0 aliphatic carbocycles. The lowest BCUT2D eigenvalue weighted by molar-refractivity contribution is -0.694. The monoisotopic (exact) mass is 228 g/mol. The summed E-state index contributed by atoms with van der Waals surface area (Å²) in [4.78, 5) is 11.1. The van der Waals surface area contributed by atoms with Crippen molar-refractivity contribution in [1.29, 1.82) is 0 Å². The number of carboxylic acid groups (broad SMARTS) is 1. The van der Waals surface area contributed by atoms with E-state index in [0.717, 1.165) is 11.3 Å². The van der Waals surface area contributed by atoms with Gasteiger partial charge in [0.1, 0.15) is 0 Å². The molecule has 0 saturated heterocycles. The second-order valence-electron chi connectivity index (χ2n) is 3.93. The van der Waals surface area contributed by atoms with Crippen LogP contribution in [-0.2, 0) is 6.54 Å². The predicted molar refractivity (Wildman–Crippen MR) is 63.9 cm³/mol. The van der Waals surface area contributed by atoms with Crippen molar-refractivity contribution in [3.05, 3.63) is 65.5 Å². The zero-order valence-corrected chi connectivity index (χ0v) is 9.63. The minimum Gasteiger partial charge on any atom is -0.478 e. The van der Waals surface area contributed by atoms with E-state index in [9.17, 15) is 4.79 Å². The minimum atomic E-state index is -0.880. The fourth-order valence-corrected chi connectivity index (χ4v) is 1.79. The van der Waals surface area contributed by atoms with Crippen molar-refractivity contribution in [2.75, 3.05) is 0 Å². The van der Waals surface area contributed by atoms with Crippen LogP contribution in [0.15, 0.2) is 48.7 Å². The summed E-state index contributed by atoms with van der Waals surface area (Å²) in [6, 6.07) is 13.0. The molecule has 3 heteroatoms. The molecule has 1 N–H and O–H groups in total. The van der Waals surface area contributed by atoms with Gasteiger partial charge in [0.2, 0.25) is 0 Å². The highest BCUT2D eigenvalue weighted by atomic mass is 16.4. The Morgan fingerprint density at radius 2 is 1.88 bits per heavy atom. The first-order chi connectivity index (χ1) is 8.18. The van der Waals surface area contributed by atoms with Crippen LogP contribution < -0.4 is 4.57 Å². The van der Waals surface area contributed by atoms with Crippen LogP contribution in [0.25, 0.3) is 0 Å². The smallest absolute Gasteiger partial charge is 0.336 e. The Bertz CT molecular complexity index is 549. The standard InChI is InChI=1S/C14H13NO2/c1-11-6-4-5-9-15(11)10-12-7-2-3-8-13(12)14(16)17/h2-9H,10H2,1H3/p+1.